The number of carbonyl (C=O) groups is 1. The van der Waals surface area contributed by atoms with Crippen LogP contribution in [0, 0.1) is 0 Å². The summed E-state index contributed by atoms with van der Waals surface area (Å²) in [4.78, 5) is 22.0. The number of pyridine rings is 1. The molecule has 1 amide bonds. The highest BCUT2D eigenvalue weighted by atomic mass is 19.3. The molecule has 0 radical (unpaired) electrons. The van der Waals surface area contributed by atoms with Crippen molar-refractivity contribution in [2.75, 3.05) is 6.61 Å². The van der Waals surface area contributed by atoms with Crippen molar-refractivity contribution in [2.24, 2.45) is 5.73 Å². The summed E-state index contributed by atoms with van der Waals surface area (Å²) < 4.78 is 38.7. The second-order valence-corrected chi connectivity index (χ2v) is 9.59. The van der Waals surface area contributed by atoms with Crippen LogP contribution in [0.3, 0.4) is 0 Å². The van der Waals surface area contributed by atoms with Crippen molar-refractivity contribution in [3.05, 3.63) is 70.9 Å². The quantitative estimate of drug-likeness (QED) is 0.453. The summed E-state index contributed by atoms with van der Waals surface area (Å²) in [5, 5.41) is 7.67. The number of benzene rings is 1. The standard InChI is InChI=1S/C25H20F2N6O3/c1-25(28)9-35-18-5-11(8-29-22(18)25)14-7-16-20-13-6-15(21(20)32-33(16)10-30-14)31-23(34)12-3-2-4-17(19(12)13)36-24(26)27/h2-5,7-8,10,13,15,24H,6,9,28H2,1H3,(H,31,34)/t13-,15-,25-/m1/s1. The van der Waals surface area contributed by atoms with E-state index in [9.17, 15) is 13.6 Å². The zero-order valence-electron chi connectivity index (χ0n) is 19.0. The number of carbonyl (C=O) groups excluding carboxylic acids is 1. The molecule has 1 aromatic carbocycles. The van der Waals surface area contributed by atoms with Crippen LogP contribution in [0.15, 0.2) is 42.9 Å². The first-order valence-corrected chi connectivity index (χ1v) is 11.5. The Morgan fingerprint density at radius 1 is 1.28 bits per heavy atom. The molecule has 3 aliphatic rings. The van der Waals surface area contributed by atoms with E-state index in [1.165, 1.54) is 6.07 Å². The summed E-state index contributed by atoms with van der Waals surface area (Å²) in [5.74, 6) is -0.0822. The third-order valence-corrected chi connectivity index (χ3v) is 7.14. The molecular formula is C25H20F2N6O3. The van der Waals surface area contributed by atoms with E-state index in [2.05, 4.69) is 20.4 Å². The molecule has 11 heteroatoms. The van der Waals surface area contributed by atoms with Crippen molar-refractivity contribution in [3.8, 4) is 22.8 Å². The Hall–Kier alpha value is -4.12. The summed E-state index contributed by atoms with van der Waals surface area (Å²) >= 11 is 0. The van der Waals surface area contributed by atoms with Gasteiger partial charge in [0.2, 0.25) is 0 Å². The molecule has 0 saturated heterocycles. The van der Waals surface area contributed by atoms with E-state index in [0.717, 1.165) is 16.6 Å². The third kappa shape index (κ3) is 2.95. The van der Waals surface area contributed by atoms with Gasteiger partial charge in [0.25, 0.3) is 5.91 Å². The average molecular weight is 490 g/mol. The maximum atomic E-state index is 13.2. The second kappa shape index (κ2) is 7.20. The van der Waals surface area contributed by atoms with E-state index in [1.54, 1.807) is 29.2 Å². The first-order valence-electron chi connectivity index (χ1n) is 11.5. The normalized spacial score (nSPS) is 23.6. The number of amides is 1. The number of alkyl halides is 2. The van der Waals surface area contributed by atoms with E-state index in [-0.39, 0.29) is 23.6 Å². The lowest BCUT2D eigenvalue weighted by Gasteiger charge is -2.19. The summed E-state index contributed by atoms with van der Waals surface area (Å²) in [6.45, 7) is -0.795. The molecule has 182 valence electrons. The third-order valence-electron chi connectivity index (χ3n) is 7.14. The predicted molar refractivity (Wildman–Crippen MR) is 123 cm³/mol. The molecule has 4 aromatic rings. The molecule has 3 atom stereocenters. The Balaban J connectivity index is 1.39. The Bertz CT molecular complexity index is 1580. The van der Waals surface area contributed by atoms with Gasteiger partial charge < -0.3 is 20.5 Å². The lowest BCUT2D eigenvalue weighted by atomic mass is 9.89. The monoisotopic (exact) mass is 490 g/mol. The minimum Gasteiger partial charge on any atom is -0.489 e. The van der Waals surface area contributed by atoms with Gasteiger partial charge in [0.15, 0.2) is 0 Å². The second-order valence-electron chi connectivity index (χ2n) is 9.59. The van der Waals surface area contributed by atoms with Gasteiger partial charge in [-0.25, -0.2) is 9.50 Å². The van der Waals surface area contributed by atoms with Crippen molar-refractivity contribution in [2.45, 2.75) is 37.5 Å². The molecule has 2 aliphatic heterocycles. The molecule has 0 fully saturated rings. The van der Waals surface area contributed by atoms with Crippen molar-refractivity contribution in [3.63, 3.8) is 0 Å². The van der Waals surface area contributed by atoms with Gasteiger partial charge in [-0.3, -0.25) is 9.78 Å². The minimum atomic E-state index is -3.01. The average Bonchev–Trinajstić information content (AvgIpc) is 3.45. The number of nitrogens with one attached hydrogen (secondary N) is 1. The number of fused-ring (bicyclic) bond motifs is 10. The van der Waals surface area contributed by atoms with Gasteiger partial charge in [0.05, 0.1) is 28.5 Å². The molecular weight excluding hydrogens is 470 g/mol. The van der Waals surface area contributed by atoms with Crippen LogP contribution in [0.2, 0.25) is 0 Å². The van der Waals surface area contributed by atoms with E-state index in [0.29, 0.717) is 47.0 Å². The molecule has 5 heterocycles. The van der Waals surface area contributed by atoms with Gasteiger partial charge in [0, 0.05) is 34.4 Å². The highest BCUT2D eigenvalue weighted by Crippen LogP contribution is 2.51. The topological polar surface area (TPSA) is 117 Å². The number of rotatable bonds is 3. The number of halogens is 2. The largest absolute Gasteiger partial charge is 0.489 e. The molecule has 9 nitrogen and oxygen atoms in total. The van der Waals surface area contributed by atoms with E-state index in [1.807, 2.05) is 19.1 Å². The van der Waals surface area contributed by atoms with Crippen LogP contribution in [0.1, 0.15) is 58.2 Å². The molecule has 2 bridgehead atoms. The van der Waals surface area contributed by atoms with Crippen LogP contribution >= 0.6 is 0 Å². The number of nitrogens with two attached hydrogens (primary N) is 1. The van der Waals surface area contributed by atoms with Crippen molar-refractivity contribution >= 4 is 11.4 Å². The van der Waals surface area contributed by atoms with Crippen LogP contribution in [0.4, 0.5) is 8.78 Å². The number of hydrogen-bond acceptors (Lipinski definition) is 7. The maximum absolute atomic E-state index is 13.2. The lowest BCUT2D eigenvalue weighted by Crippen LogP contribution is -2.35. The molecule has 7 rings (SSSR count). The van der Waals surface area contributed by atoms with Gasteiger partial charge in [-0.15, -0.1) is 0 Å². The summed E-state index contributed by atoms with van der Waals surface area (Å²) in [6.07, 6.45) is 3.81. The van der Waals surface area contributed by atoms with Crippen LogP contribution < -0.4 is 20.5 Å². The predicted octanol–water partition coefficient (Wildman–Crippen LogP) is 3.28. The van der Waals surface area contributed by atoms with Gasteiger partial charge in [0.1, 0.15) is 30.1 Å². The van der Waals surface area contributed by atoms with Gasteiger partial charge >= 0.3 is 6.61 Å². The first kappa shape index (κ1) is 21.2. The summed E-state index contributed by atoms with van der Waals surface area (Å²) in [7, 11) is 0. The SMILES string of the molecule is C[C@@]1(N)COc2cc(-c3cc4c5c(nn4cn3)[C@H]3C[C@@H]5c4c(OC(F)F)cccc4C(=O)N3)cnc21. The van der Waals surface area contributed by atoms with E-state index in [4.69, 9.17) is 15.2 Å². The number of aromatic nitrogens is 4. The Morgan fingerprint density at radius 2 is 2.14 bits per heavy atom. The lowest BCUT2D eigenvalue weighted by molar-refractivity contribution is -0.0505. The molecule has 1 aliphatic carbocycles. The van der Waals surface area contributed by atoms with Crippen molar-refractivity contribution < 1.29 is 23.0 Å². The van der Waals surface area contributed by atoms with Crippen LogP contribution in [0.5, 0.6) is 11.5 Å². The molecule has 0 saturated carbocycles. The number of ether oxygens (including phenoxy) is 2. The van der Waals surface area contributed by atoms with Gasteiger partial charge in [-0.1, -0.05) is 6.07 Å². The minimum absolute atomic E-state index is 0.00501. The van der Waals surface area contributed by atoms with Crippen LogP contribution in [0.25, 0.3) is 16.8 Å². The fourth-order valence-electron chi connectivity index (χ4n) is 5.58. The van der Waals surface area contributed by atoms with E-state index < -0.39 is 12.2 Å². The molecule has 3 aromatic heterocycles. The zero-order chi connectivity index (χ0) is 24.8. The van der Waals surface area contributed by atoms with Crippen molar-refractivity contribution in [1.29, 1.82) is 0 Å². The summed E-state index contributed by atoms with van der Waals surface area (Å²) in [5.41, 5.74) is 10.8. The number of nitrogens with zero attached hydrogens (tertiary/aromatic N) is 4. The van der Waals surface area contributed by atoms with E-state index >= 15 is 0 Å². The fraction of sp³-hybridized carbons (Fsp3) is 0.280. The number of hydrogen-bond donors (Lipinski definition) is 2. The maximum Gasteiger partial charge on any atom is 0.387 e. The molecule has 0 unspecified atom stereocenters. The van der Waals surface area contributed by atoms with Crippen LogP contribution in [-0.2, 0) is 5.54 Å². The van der Waals surface area contributed by atoms with Gasteiger partial charge in [-0.05, 0) is 37.6 Å². The zero-order valence-corrected chi connectivity index (χ0v) is 19.0. The Labute approximate surface area is 203 Å². The fourth-order valence-corrected chi connectivity index (χ4v) is 5.58. The smallest absolute Gasteiger partial charge is 0.387 e. The highest BCUT2D eigenvalue weighted by molar-refractivity contribution is 5.98. The summed E-state index contributed by atoms with van der Waals surface area (Å²) in [6, 6.07) is 8.04. The highest BCUT2D eigenvalue weighted by Gasteiger charge is 2.43. The van der Waals surface area contributed by atoms with Gasteiger partial charge in [-0.2, -0.15) is 13.9 Å². The first-order chi connectivity index (χ1) is 17.3. The van der Waals surface area contributed by atoms with Crippen LogP contribution in [-0.4, -0.2) is 38.7 Å². The molecule has 3 N–H and O–H groups in total. The molecule has 36 heavy (non-hydrogen) atoms. The Morgan fingerprint density at radius 3 is 2.97 bits per heavy atom. The Kier molecular flexibility index (Phi) is 4.24. The van der Waals surface area contributed by atoms with Crippen molar-refractivity contribution in [1.82, 2.24) is 24.9 Å². The molecule has 0 spiro atoms.